The third kappa shape index (κ3) is 16.2. The van der Waals surface area contributed by atoms with E-state index >= 15 is 0 Å². The van der Waals surface area contributed by atoms with E-state index in [0.717, 1.165) is 18.6 Å². The topological polar surface area (TPSA) is 181 Å². The predicted molar refractivity (Wildman–Crippen MR) is 273 cm³/mol. The van der Waals surface area contributed by atoms with E-state index in [-0.39, 0.29) is 60.6 Å². The molecule has 2 bridgehead atoms. The van der Waals surface area contributed by atoms with E-state index in [0.29, 0.717) is 75.4 Å². The average molecular weight is 1030 g/mol. The predicted octanol–water partition coefficient (Wildman–Crippen LogP) is 9.49. The number of ketones is 2. The summed E-state index contributed by atoms with van der Waals surface area (Å²) < 4.78 is 65.4. The highest BCUT2D eigenvalue weighted by molar-refractivity contribution is 6.39. The number of cyclic esters (lactones) is 1. The lowest BCUT2D eigenvalue weighted by Crippen LogP contribution is -2.61. The number of aliphatic hydroxyl groups excluding tert-OH is 2. The summed E-state index contributed by atoms with van der Waals surface area (Å²) in [6, 6.07) is 3.06. The monoisotopic (exact) mass is 1030 g/mol. The van der Waals surface area contributed by atoms with Gasteiger partial charge < -0.3 is 44.5 Å². The molecule has 4 aliphatic rings. The maximum Gasteiger partial charge on any atom is 0.416 e. The van der Waals surface area contributed by atoms with Crippen LogP contribution in [0.4, 0.5) is 18.9 Å². The number of ether oxygens (including phenoxy) is 4. The Morgan fingerprint density at radius 3 is 2.30 bits per heavy atom. The van der Waals surface area contributed by atoms with E-state index < -0.39 is 89.6 Å². The van der Waals surface area contributed by atoms with Crippen LogP contribution in [0, 0.1) is 35.5 Å². The van der Waals surface area contributed by atoms with Crippen LogP contribution in [0.25, 0.3) is 0 Å². The number of allylic oxidation sites excluding steroid dienone is 6. The number of anilines is 1. The summed E-state index contributed by atoms with van der Waals surface area (Å²) in [6.45, 7) is 13.1. The number of halogens is 3. The van der Waals surface area contributed by atoms with E-state index in [4.69, 9.17) is 18.9 Å². The van der Waals surface area contributed by atoms with Gasteiger partial charge in [0.1, 0.15) is 24.4 Å². The normalized spacial score (nSPS) is 37.4. The summed E-state index contributed by atoms with van der Waals surface area (Å²) in [5.41, 5.74) is 0.623. The zero-order valence-electron chi connectivity index (χ0n) is 44.4. The Bertz CT molecular complexity index is 2140. The van der Waals surface area contributed by atoms with Crippen molar-refractivity contribution in [3.8, 4) is 0 Å². The fourth-order valence-corrected chi connectivity index (χ4v) is 11.2. The van der Waals surface area contributed by atoms with Crippen LogP contribution in [0.1, 0.15) is 138 Å². The largest absolute Gasteiger partial charge is 0.461 e. The second-order valence-electron chi connectivity index (χ2n) is 21.7. The molecule has 0 unspecified atom stereocenters. The summed E-state index contributed by atoms with van der Waals surface area (Å²) in [6.07, 6.45) is 8.12. The van der Waals surface area contributed by atoms with Crippen LogP contribution in [0.3, 0.4) is 0 Å². The van der Waals surface area contributed by atoms with Gasteiger partial charge in [-0.15, -0.1) is 0 Å². The Morgan fingerprint density at radius 2 is 1.60 bits per heavy atom. The Kier molecular flexibility index (Phi) is 22.1. The number of alkyl halides is 3. The van der Waals surface area contributed by atoms with Crippen molar-refractivity contribution in [1.82, 2.24) is 4.90 Å². The van der Waals surface area contributed by atoms with Crippen molar-refractivity contribution in [1.29, 1.82) is 0 Å². The van der Waals surface area contributed by atoms with Gasteiger partial charge in [0.25, 0.3) is 11.7 Å². The molecule has 0 aromatic heterocycles. The first-order chi connectivity index (χ1) is 34.5. The van der Waals surface area contributed by atoms with Crippen molar-refractivity contribution < 1.29 is 66.6 Å². The number of carbonyl (C=O) groups excluding carboxylic acids is 4. The Balaban J connectivity index is 1.50. The van der Waals surface area contributed by atoms with Gasteiger partial charge in [-0.05, 0) is 145 Å². The molecule has 15 atom stereocenters. The summed E-state index contributed by atoms with van der Waals surface area (Å²) >= 11 is 0. The molecular weight excluding hydrogens is 946 g/mol. The molecule has 0 radical (unpaired) electrons. The number of hydrogen-bond acceptors (Lipinski definition) is 12. The van der Waals surface area contributed by atoms with Gasteiger partial charge in [-0.1, -0.05) is 82.7 Å². The average Bonchev–Trinajstić information content (AvgIpc) is 3.35. The smallest absolute Gasteiger partial charge is 0.416 e. The second kappa shape index (κ2) is 27.0. The highest BCUT2D eigenvalue weighted by Gasteiger charge is 2.53. The van der Waals surface area contributed by atoms with Gasteiger partial charge in [0.05, 0.1) is 23.9 Å². The molecule has 16 heteroatoms. The van der Waals surface area contributed by atoms with Crippen molar-refractivity contribution in [2.75, 3.05) is 26.1 Å². The number of aliphatic hydroxyl groups is 3. The molecule has 408 valence electrons. The van der Waals surface area contributed by atoms with E-state index in [2.05, 4.69) is 5.32 Å². The van der Waals surface area contributed by atoms with Crippen molar-refractivity contribution in [3.63, 3.8) is 0 Å². The van der Waals surface area contributed by atoms with Gasteiger partial charge >= 0.3 is 12.1 Å². The number of fused-ring (bicyclic) bond motifs is 3. The maximum atomic E-state index is 14.5. The van der Waals surface area contributed by atoms with Crippen molar-refractivity contribution >= 4 is 29.1 Å². The number of hydrogen-bond donors (Lipinski definition) is 4. The van der Waals surface area contributed by atoms with Gasteiger partial charge in [0.15, 0.2) is 5.78 Å². The van der Waals surface area contributed by atoms with Crippen LogP contribution >= 0.6 is 0 Å². The molecule has 1 aromatic rings. The number of nitrogens with zero attached hydrogens (tertiary/aromatic N) is 1. The van der Waals surface area contributed by atoms with E-state index in [9.17, 15) is 47.7 Å². The van der Waals surface area contributed by atoms with Crippen LogP contribution in [-0.2, 0) is 44.3 Å². The molecule has 3 fully saturated rings. The van der Waals surface area contributed by atoms with E-state index in [1.165, 1.54) is 24.1 Å². The minimum atomic E-state index is -4.59. The molecule has 13 nitrogen and oxygen atoms in total. The summed E-state index contributed by atoms with van der Waals surface area (Å²) in [7, 11) is 2.99. The number of piperidine rings is 1. The van der Waals surface area contributed by atoms with Gasteiger partial charge in [-0.2, -0.15) is 13.2 Å². The first-order valence-corrected chi connectivity index (χ1v) is 26.5. The van der Waals surface area contributed by atoms with Crippen LogP contribution in [0.2, 0.25) is 0 Å². The number of rotatable bonds is 7. The zero-order valence-corrected chi connectivity index (χ0v) is 44.4. The molecule has 4 N–H and O–H groups in total. The van der Waals surface area contributed by atoms with Gasteiger partial charge in [-0.25, -0.2) is 4.79 Å². The van der Waals surface area contributed by atoms with Crippen LogP contribution in [-0.4, -0.2) is 119 Å². The second-order valence-corrected chi connectivity index (χ2v) is 21.7. The fraction of sp³-hybridized carbons (Fsp3) is 0.684. The van der Waals surface area contributed by atoms with Crippen molar-refractivity contribution in [2.24, 2.45) is 35.5 Å². The fourth-order valence-electron chi connectivity index (χ4n) is 11.2. The third-order valence-corrected chi connectivity index (χ3v) is 15.8. The molecule has 1 aliphatic carbocycles. The summed E-state index contributed by atoms with van der Waals surface area (Å²) in [5, 5.41) is 37.4. The molecule has 5 rings (SSSR count). The molecule has 3 heterocycles. The maximum absolute atomic E-state index is 14.5. The third-order valence-electron chi connectivity index (χ3n) is 15.8. The Labute approximate surface area is 431 Å². The van der Waals surface area contributed by atoms with Gasteiger partial charge in [0, 0.05) is 44.3 Å². The SMILES string of the molecule is CO[C@@H]1C[C@@H](C[C@@H](C)[C@@H]2CC[C@H](C)/C=C(\C)[C@@H](O)[C@@H](OC)C(=O)[C@H](C)C[C@H](C)/C=C/C=C/C=C(\C)[C@H](Nc3cccc(C(F)(F)F)c3)C[C@@H]3CC[C@@H](C)[C@@](O)(O3)C(=O)C(=O)N3CCCC[C@H]3C(=O)O2)CC[C@H]1O. The summed E-state index contributed by atoms with van der Waals surface area (Å²) in [5.74, 6) is -7.11. The van der Waals surface area contributed by atoms with Crippen molar-refractivity contribution in [3.05, 3.63) is 77.4 Å². The molecule has 0 spiro atoms. The number of esters is 1. The molecule has 1 aromatic carbocycles. The van der Waals surface area contributed by atoms with Crippen LogP contribution in [0.15, 0.2) is 71.9 Å². The number of benzene rings is 1. The molecule has 3 aliphatic heterocycles. The number of amides is 1. The van der Waals surface area contributed by atoms with Crippen molar-refractivity contribution in [2.45, 2.75) is 193 Å². The van der Waals surface area contributed by atoms with E-state index in [1.807, 2.05) is 45.9 Å². The zero-order chi connectivity index (χ0) is 53.8. The number of Topliss-reactive ketones (excluding diaryl/α,β-unsaturated/α-hetero) is 2. The molecule has 73 heavy (non-hydrogen) atoms. The highest BCUT2D eigenvalue weighted by atomic mass is 19.4. The van der Waals surface area contributed by atoms with Gasteiger partial charge in [-0.3, -0.25) is 14.4 Å². The lowest BCUT2D eigenvalue weighted by Gasteiger charge is -2.43. The highest BCUT2D eigenvalue weighted by Crippen LogP contribution is 2.39. The Morgan fingerprint density at radius 1 is 0.863 bits per heavy atom. The van der Waals surface area contributed by atoms with Crippen LogP contribution < -0.4 is 5.32 Å². The molecule has 1 saturated carbocycles. The first-order valence-electron chi connectivity index (χ1n) is 26.5. The lowest BCUT2D eigenvalue weighted by atomic mass is 9.78. The van der Waals surface area contributed by atoms with Gasteiger partial charge in [0.2, 0.25) is 5.79 Å². The molecule has 2 saturated heterocycles. The molecule has 1 amide bonds. The standard InChI is InChI=1S/C57H83F3N2O11/c1-34-16-11-10-12-17-36(3)45(61-43-19-15-18-42(32-43)57(58,59)60)33-44-24-22-40(7)56(69,73-44)53(66)54(67)62-27-14-13-20-46(62)55(68)72-48(37(4)30-41-23-25-47(63)49(31-41)70-8)26-21-35(2)29-39(6)51(65)52(71-9)50(64)38(5)28-34/h10-12,15-19,29,32,34-35,37-38,40-41,44-49,51-52,61,63,65,69H,13-14,20-28,30-31,33H2,1-9H3/b12-10+,16-11+,36-17+,39-29+/t34-,35+,37-,38-,40-,41-,44+,45-,46+,47-,48+,49-,51-,52+,56-/m1/s1. The molecular formula is C57H83F3N2O11. The first kappa shape index (κ1) is 59.7. The lowest BCUT2D eigenvalue weighted by molar-refractivity contribution is -0.263. The minimum Gasteiger partial charge on any atom is -0.461 e. The van der Waals surface area contributed by atoms with Crippen LogP contribution in [0.5, 0.6) is 0 Å². The quantitative estimate of drug-likeness (QED) is 0.116. The number of methoxy groups -OCH3 is 2. The number of carbonyl (C=O) groups is 4. The summed E-state index contributed by atoms with van der Waals surface area (Å²) in [4.78, 5) is 58.4. The Hall–Kier alpha value is -4.19. The minimum absolute atomic E-state index is 0.0400. The number of nitrogens with one attached hydrogen (secondary N) is 1. The van der Waals surface area contributed by atoms with E-state index in [1.54, 1.807) is 46.1 Å².